The number of carbonyl (C=O) groups excluding carboxylic acids is 2. The Morgan fingerprint density at radius 3 is 2.93 bits per heavy atom. The molecule has 2 N–H and O–H groups in total. The van der Waals surface area contributed by atoms with E-state index in [1.807, 2.05) is 19.1 Å². The summed E-state index contributed by atoms with van der Waals surface area (Å²) in [6.45, 7) is 2.81. The third kappa shape index (κ3) is 3.80. The molecule has 9 heteroatoms. The highest BCUT2D eigenvalue weighted by molar-refractivity contribution is 7.98. The minimum atomic E-state index is -0.767. The molecule has 0 aliphatic carbocycles. The van der Waals surface area contributed by atoms with Crippen LogP contribution >= 0.6 is 11.8 Å². The van der Waals surface area contributed by atoms with Crippen molar-refractivity contribution in [3.63, 3.8) is 0 Å². The van der Waals surface area contributed by atoms with E-state index >= 15 is 0 Å². The lowest BCUT2D eigenvalue weighted by Crippen LogP contribution is -2.41. The topological polar surface area (TPSA) is 94.5 Å². The van der Waals surface area contributed by atoms with Crippen LogP contribution in [0.5, 0.6) is 11.5 Å². The minimum absolute atomic E-state index is 0.0676. The van der Waals surface area contributed by atoms with Crippen LogP contribution in [-0.2, 0) is 27.6 Å². The zero-order chi connectivity index (χ0) is 19.5. The number of anilines is 1. The summed E-state index contributed by atoms with van der Waals surface area (Å²) in [4.78, 5) is 25.0. The van der Waals surface area contributed by atoms with Crippen molar-refractivity contribution in [3.05, 3.63) is 35.5 Å². The van der Waals surface area contributed by atoms with Crippen molar-refractivity contribution in [2.75, 3.05) is 18.5 Å². The first-order valence-corrected chi connectivity index (χ1v) is 10.4. The molecule has 2 aliphatic heterocycles. The molecule has 0 saturated carbocycles. The molecule has 148 valence electrons. The number of hydrogen-bond acceptors (Lipinski definition) is 6. The number of ether oxygens (including phenoxy) is 2. The van der Waals surface area contributed by atoms with Gasteiger partial charge in [-0.25, -0.2) is 4.68 Å². The van der Waals surface area contributed by atoms with Crippen molar-refractivity contribution in [1.82, 2.24) is 15.1 Å². The van der Waals surface area contributed by atoms with E-state index in [0.29, 0.717) is 23.9 Å². The second-order valence-corrected chi connectivity index (χ2v) is 7.61. The molecule has 1 aromatic carbocycles. The fraction of sp³-hybridized carbons (Fsp3) is 0.421. The first-order chi connectivity index (χ1) is 13.7. The number of para-hydroxylation sites is 2. The van der Waals surface area contributed by atoms with Crippen LogP contribution < -0.4 is 20.1 Å². The van der Waals surface area contributed by atoms with E-state index in [-0.39, 0.29) is 25.0 Å². The number of amides is 2. The molecule has 2 aliphatic rings. The molecule has 4 rings (SSSR count). The van der Waals surface area contributed by atoms with E-state index in [0.717, 1.165) is 29.2 Å². The van der Waals surface area contributed by atoms with Crippen LogP contribution in [0.25, 0.3) is 0 Å². The molecular weight excluding hydrogens is 380 g/mol. The number of carbonyl (C=O) groups is 2. The highest BCUT2D eigenvalue weighted by atomic mass is 32.2. The number of nitrogens with zero attached hydrogens (tertiary/aromatic N) is 2. The van der Waals surface area contributed by atoms with Crippen LogP contribution in [0.3, 0.4) is 0 Å². The largest absolute Gasteiger partial charge is 0.485 e. The summed E-state index contributed by atoms with van der Waals surface area (Å²) in [5.41, 5.74) is 1.88. The maximum atomic E-state index is 12.8. The predicted octanol–water partition coefficient (Wildman–Crippen LogP) is 1.93. The van der Waals surface area contributed by atoms with Gasteiger partial charge in [-0.2, -0.15) is 16.9 Å². The number of benzene rings is 1. The molecule has 0 spiro atoms. The number of rotatable bonds is 6. The molecule has 2 amide bonds. The fourth-order valence-electron chi connectivity index (χ4n) is 3.12. The molecule has 1 aromatic heterocycles. The number of hydrogen-bond donors (Lipinski definition) is 2. The predicted molar refractivity (Wildman–Crippen MR) is 106 cm³/mol. The Morgan fingerprint density at radius 1 is 1.29 bits per heavy atom. The molecule has 3 heterocycles. The SMILES string of the molecule is CCCNC(=O)Cn1nc2c(c1NC(=O)C1COc3ccccc3O1)CSC2. The molecule has 2 aromatic rings. The smallest absolute Gasteiger partial charge is 0.270 e. The van der Waals surface area contributed by atoms with Gasteiger partial charge in [-0.3, -0.25) is 9.59 Å². The average molecular weight is 402 g/mol. The number of nitrogens with one attached hydrogen (secondary N) is 2. The maximum Gasteiger partial charge on any atom is 0.270 e. The van der Waals surface area contributed by atoms with Crippen molar-refractivity contribution in [3.8, 4) is 11.5 Å². The summed E-state index contributed by atoms with van der Waals surface area (Å²) >= 11 is 1.73. The maximum absolute atomic E-state index is 12.8. The molecule has 0 bridgehead atoms. The van der Waals surface area contributed by atoms with Gasteiger partial charge in [0.2, 0.25) is 12.0 Å². The van der Waals surface area contributed by atoms with Gasteiger partial charge in [0.05, 0.1) is 5.69 Å². The Kier molecular flexibility index (Phi) is 5.43. The van der Waals surface area contributed by atoms with Gasteiger partial charge < -0.3 is 20.1 Å². The number of thioether (sulfide) groups is 1. The molecule has 0 saturated heterocycles. The summed E-state index contributed by atoms with van der Waals surface area (Å²) in [5, 5.41) is 10.3. The lowest BCUT2D eigenvalue weighted by atomic mass is 10.2. The highest BCUT2D eigenvalue weighted by Gasteiger charge is 2.31. The van der Waals surface area contributed by atoms with Crippen LogP contribution in [0.15, 0.2) is 24.3 Å². The van der Waals surface area contributed by atoms with Crippen LogP contribution in [0.1, 0.15) is 24.6 Å². The Morgan fingerprint density at radius 2 is 2.11 bits per heavy atom. The Labute approximate surface area is 167 Å². The van der Waals surface area contributed by atoms with E-state index < -0.39 is 6.10 Å². The van der Waals surface area contributed by atoms with E-state index in [9.17, 15) is 9.59 Å². The summed E-state index contributed by atoms with van der Waals surface area (Å²) in [6, 6.07) is 7.26. The summed E-state index contributed by atoms with van der Waals surface area (Å²) in [5.74, 6) is 2.83. The van der Waals surface area contributed by atoms with E-state index in [4.69, 9.17) is 9.47 Å². The van der Waals surface area contributed by atoms with Gasteiger partial charge in [0.1, 0.15) is 19.0 Å². The lowest BCUT2D eigenvalue weighted by molar-refractivity contribution is -0.125. The van der Waals surface area contributed by atoms with E-state index in [2.05, 4.69) is 15.7 Å². The van der Waals surface area contributed by atoms with Gasteiger partial charge in [0.25, 0.3) is 5.91 Å². The summed E-state index contributed by atoms with van der Waals surface area (Å²) in [6.07, 6.45) is 0.0964. The highest BCUT2D eigenvalue weighted by Crippen LogP contribution is 2.35. The third-order valence-electron chi connectivity index (χ3n) is 4.53. The van der Waals surface area contributed by atoms with Crippen molar-refractivity contribution in [2.45, 2.75) is 37.5 Å². The second kappa shape index (κ2) is 8.14. The van der Waals surface area contributed by atoms with Crippen LogP contribution in [0.4, 0.5) is 5.82 Å². The first kappa shape index (κ1) is 18.7. The zero-order valence-corrected chi connectivity index (χ0v) is 16.4. The van der Waals surface area contributed by atoms with Crippen molar-refractivity contribution in [2.24, 2.45) is 0 Å². The monoisotopic (exact) mass is 402 g/mol. The van der Waals surface area contributed by atoms with Gasteiger partial charge in [-0.15, -0.1) is 0 Å². The van der Waals surface area contributed by atoms with Crippen LogP contribution in [-0.4, -0.2) is 40.9 Å². The third-order valence-corrected chi connectivity index (χ3v) is 5.50. The number of aromatic nitrogens is 2. The number of fused-ring (bicyclic) bond motifs is 2. The van der Waals surface area contributed by atoms with Crippen molar-refractivity contribution >= 4 is 29.4 Å². The summed E-state index contributed by atoms with van der Waals surface area (Å²) in [7, 11) is 0. The second-order valence-electron chi connectivity index (χ2n) is 6.63. The first-order valence-electron chi connectivity index (χ1n) is 9.28. The zero-order valence-electron chi connectivity index (χ0n) is 15.6. The molecule has 1 atom stereocenters. The van der Waals surface area contributed by atoms with Gasteiger partial charge in [0, 0.05) is 23.6 Å². The Hall–Kier alpha value is -2.68. The van der Waals surface area contributed by atoms with Gasteiger partial charge >= 0.3 is 0 Å². The molecular formula is C19H22N4O4S. The summed E-state index contributed by atoms with van der Waals surface area (Å²) < 4.78 is 13.0. The lowest BCUT2D eigenvalue weighted by Gasteiger charge is -2.25. The molecule has 28 heavy (non-hydrogen) atoms. The molecule has 0 radical (unpaired) electrons. The van der Waals surface area contributed by atoms with Crippen molar-refractivity contribution < 1.29 is 19.1 Å². The van der Waals surface area contributed by atoms with Gasteiger partial charge in [0.15, 0.2) is 11.5 Å². The Bertz CT molecular complexity index is 898. The Balaban J connectivity index is 1.49. The van der Waals surface area contributed by atoms with E-state index in [1.165, 1.54) is 0 Å². The average Bonchev–Trinajstić information content (AvgIpc) is 3.28. The standard InChI is InChI=1S/C19H22N4O4S/c1-2-7-20-17(24)8-23-18(12-10-28-11-13(12)22-23)21-19(25)16-9-26-14-5-3-4-6-15(14)27-16/h3-6,16H,2,7-11H2,1H3,(H,20,24)(H,21,25). The van der Waals surface area contributed by atoms with E-state index in [1.54, 1.807) is 28.6 Å². The van der Waals surface area contributed by atoms with Crippen LogP contribution in [0, 0.1) is 0 Å². The molecule has 0 fully saturated rings. The quantitative estimate of drug-likeness (QED) is 0.767. The molecule has 1 unspecified atom stereocenters. The van der Waals surface area contributed by atoms with Crippen LogP contribution in [0.2, 0.25) is 0 Å². The normalized spacial score (nSPS) is 17.1. The molecule has 8 nitrogen and oxygen atoms in total. The van der Waals surface area contributed by atoms with Gasteiger partial charge in [-0.05, 0) is 18.6 Å². The minimum Gasteiger partial charge on any atom is -0.485 e. The van der Waals surface area contributed by atoms with Crippen molar-refractivity contribution in [1.29, 1.82) is 0 Å². The fourth-order valence-corrected chi connectivity index (χ4v) is 4.16. The van der Waals surface area contributed by atoms with Gasteiger partial charge in [-0.1, -0.05) is 19.1 Å².